The molecule has 0 aliphatic carbocycles. The Morgan fingerprint density at radius 3 is 2.40 bits per heavy atom. The van der Waals surface area contributed by atoms with E-state index < -0.39 is 0 Å². The van der Waals surface area contributed by atoms with Crippen molar-refractivity contribution in [2.75, 3.05) is 78.6 Å². The van der Waals surface area contributed by atoms with Gasteiger partial charge in [0.2, 0.25) is 0 Å². The molecule has 0 aromatic carbocycles. The normalized spacial score (nSPS) is 18.2. The highest BCUT2D eigenvalue weighted by Gasteiger charge is 2.27. The van der Waals surface area contributed by atoms with Crippen LogP contribution in [0.1, 0.15) is 75.9 Å². The van der Waals surface area contributed by atoms with Gasteiger partial charge in [-0.25, -0.2) is 9.97 Å². The van der Waals surface area contributed by atoms with E-state index in [1.807, 2.05) is 11.3 Å². The number of ether oxygens (including phenoxy) is 3. The van der Waals surface area contributed by atoms with E-state index in [1.54, 1.807) is 7.11 Å². The topological polar surface area (TPSA) is 90.9 Å². The fourth-order valence-corrected chi connectivity index (χ4v) is 8.00. The van der Waals surface area contributed by atoms with E-state index in [0.29, 0.717) is 50.1 Å². The number of nitrogen functional groups attached to an aromatic ring is 1. The predicted molar refractivity (Wildman–Crippen MR) is 177 cm³/mol. The zero-order chi connectivity index (χ0) is 30.2. The van der Waals surface area contributed by atoms with Crippen molar-refractivity contribution in [2.45, 2.75) is 84.2 Å². The quantitative estimate of drug-likeness (QED) is 0.210. The van der Waals surface area contributed by atoms with Gasteiger partial charge in [0.05, 0.1) is 48.8 Å². The third-order valence-corrected chi connectivity index (χ3v) is 10.7. The first-order valence-electron chi connectivity index (χ1n) is 16.7. The molecule has 5 rings (SSSR count). The second-order valence-corrected chi connectivity index (χ2v) is 13.8. The van der Waals surface area contributed by atoms with E-state index >= 15 is 0 Å². The highest BCUT2D eigenvalue weighted by Crippen LogP contribution is 2.41. The molecular weight excluding hydrogens is 560 g/mol. The number of hydrogen-bond donors (Lipinski definition) is 1. The van der Waals surface area contributed by atoms with Crippen LogP contribution in [0.5, 0.6) is 0 Å². The summed E-state index contributed by atoms with van der Waals surface area (Å²) in [5.74, 6) is 3.00. The van der Waals surface area contributed by atoms with Crippen molar-refractivity contribution in [2.24, 2.45) is 5.92 Å². The van der Waals surface area contributed by atoms with E-state index in [1.165, 1.54) is 59.7 Å². The number of anilines is 1. The van der Waals surface area contributed by atoms with Gasteiger partial charge in [0.1, 0.15) is 11.3 Å². The number of piperidine rings is 2. The van der Waals surface area contributed by atoms with Crippen molar-refractivity contribution < 1.29 is 14.2 Å². The number of rotatable bonds is 16. The van der Waals surface area contributed by atoms with Crippen LogP contribution in [0.25, 0.3) is 21.3 Å². The number of unbranched alkanes of at least 4 members (excludes halogenated alkanes) is 1. The summed E-state index contributed by atoms with van der Waals surface area (Å²) in [5, 5.41) is 0. The van der Waals surface area contributed by atoms with Crippen LogP contribution >= 0.6 is 11.3 Å². The monoisotopic (exact) mass is 614 g/mol. The molecule has 0 bridgehead atoms. The number of hydrogen-bond acceptors (Lipinski definition) is 9. The third-order valence-electron chi connectivity index (χ3n) is 9.40. The van der Waals surface area contributed by atoms with Crippen molar-refractivity contribution in [3.63, 3.8) is 0 Å². The van der Waals surface area contributed by atoms with Crippen LogP contribution in [0.2, 0.25) is 0 Å². The lowest BCUT2D eigenvalue weighted by Gasteiger charge is -2.34. The van der Waals surface area contributed by atoms with Gasteiger partial charge in [-0.1, -0.05) is 13.3 Å². The lowest BCUT2D eigenvalue weighted by atomic mass is 9.94. The Hall–Kier alpha value is -1.82. The first kappa shape index (κ1) is 32.6. The number of aryl methyl sites for hydroxylation is 1. The zero-order valence-corrected chi connectivity index (χ0v) is 27.8. The van der Waals surface area contributed by atoms with Gasteiger partial charge >= 0.3 is 0 Å². The number of fused-ring (bicyclic) bond motifs is 3. The summed E-state index contributed by atoms with van der Waals surface area (Å²) in [7, 11) is 1.69. The van der Waals surface area contributed by atoms with Crippen molar-refractivity contribution in [1.29, 1.82) is 0 Å². The highest BCUT2D eigenvalue weighted by atomic mass is 32.1. The molecule has 2 aliphatic rings. The van der Waals surface area contributed by atoms with Gasteiger partial charge in [-0.05, 0) is 90.0 Å². The first-order valence-corrected chi connectivity index (χ1v) is 17.5. The Labute approximate surface area is 262 Å². The number of likely N-dealkylation sites (tertiary alicyclic amines) is 2. The van der Waals surface area contributed by atoms with Gasteiger partial charge in [0.15, 0.2) is 5.82 Å². The summed E-state index contributed by atoms with van der Waals surface area (Å²) >= 11 is 1.95. The minimum absolute atomic E-state index is 0.580. The average Bonchev–Trinajstić information content (AvgIpc) is 3.60. The van der Waals surface area contributed by atoms with Crippen LogP contribution in [0.3, 0.4) is 0 Å². The third kappa shape index (κ3) is 8.27. The summed E-state index contributed by atoms with van der Waals surface area (Å²) < 4.78 is 20.1. The van der Waals surface area contributed by atoms with Crippen LogP contribution in [-0.2, 0) is 27.2 Å². The molecule has 9 nitrogen and oxygen atoms in total. The van der Waals surface area contributed by atoms with Crippen LogP contribution < -0.4 is 5.73 Å². The van der Waals surface area contributed by atoms with Gasteiger partial charge in [-0.2, -0.15) is 0 Å². The van der Waals surface area contributed by atoms with Gasteiger partial charge < -0.3 is 34.3 Å². The highest BCUT2D eigenvalue weighted by molar-refractivity contribution is 7.20. The molecule has 43 heavy (non-hydrogen) atoms. The molecule has 2 aliphatic heterocycles. The molecule has 0 spiro atoms. The zero-order valence-electron chi connectivity index (χ0n) is 27.0. The number of nitrogens with zero attached hydrogens (tertiary/aromatic N) is 5. The molecule has 0 amide bonds. The number of imidazole rings is 1. The van der Waals surface area contributed by atoms with Gasteiger partial charge in [-0.3, -0.25) is 0 Å². The first-order chi connectivity index (χ1) is 21.0. The molecule has 2 fully saturated rings. The fourth-order valence-electron chi connectivity index (χ4n) is 6.68. The van der Waals surface area contributed by atoms with Crippen LogP contribution in [-0.4, -0.2) is 103 Å². The van der Waals surface area contributed by atoms with E-state index in [-0.39, 0.29) is 0 Å². The van der Waals surface area contributed by atoms with Gasteiger partial charge in [0.25, 0.3) is 0 Å². The van der Waals surface area contributed by atoms with E-state index in [9.17, 15) is 0 Å². The Balaban J connectivity index is 1.26. The minimum Gasteiger partial charge on any atom is -0.382 e. The second kappa shape index (κ2) is 16.0. The standard InChI is InChI=1S/C33H54N6O3S/c1-5-6-7-29-36-30-31(32-27(35-33(30)34)22-28(43-32)26-10-14-38(15-11-26)24(2)3)39(29)23-25-8-12-37(13-9-25)16-17-41-20-21-42-19-18-40-4/h22,24-26H,5-21,23H2,1-4H3,(H2,34,35). The molecule has 2 N–H and O–H groups in total. The smallest absolute Gasteiger partial charge is 0.152 e. The van der Waals surface area contributed by atoms with Crippen molar-refractivity contribution in [3.8, 4) is 0 Å². The molecule has 3 aromatic rings. The molecule has 5 heterocycles. The summed E-state index contributed by atoms with van der Waals surface area (Å²) in [6.45, 7) is 16.7. The Morgan fingerprint density at radius 1 is 0.977 bits per heavy atom. The molecule has 0 radical (unpaired) electrons. The lowest BCUT2D eigenvalue weighted by Crippen LogP contribution is -2.37. The maximum atomic E-state index is 6.60. The molecule has 0 atom stereocenters. The molecular formula is C33H54N6O3S. The summed E-state index contributed by atoms with van der Waals surface area (Å²) in [5.41, 5.74) is 9.79. The van der Waals surface area contributed by atoms with Gasteiger partial charge in [-0.15, -0.1) is 11.3 Å². The number of methoxy groups -OCH3 is 1. The van der Waals surface area contributed by atoms with Crippen molar-refractivity contribution >= 4 is 38.4 Å². The lowest BCUT2D eigenvalue weighted by molar-refractivity contribution is 0.0171. The molecule has 0 saturated carbocycles. The van der Waals surface area contributed by atoms with Crippen LogP contribution in [0.15, 0.2) is 6.07 Å². The van der Waals surface area contributed by atoms with E-state index in [4.69, 9.17) is 29.9 Å². The predicted octanol–water partition coefficient (Wildman–Crippen LogP) is 5.55. The van der Waals surface area contributed by atoms with Crippen molar-refractivity contribution in [3.05, 3.63) is 16.8 Å². The number of pyridine rings is 1. The SMILES string of the molecule is CCCCc1nc2c(N)nc3cc(C4CCN(C(C)C)CC4)sc3c2n1CC1CCN(CCOCCOCCOC)CC1. The largest absolute Gasteiger partial charge is 0.382 e. The Bertz CT molecular complexity index is 1280. The van der Waals surface area contributed by atoms with Crippen molar-refractivity contribution in [1.82, 2.24) is 24.3 Å². The molecule has 0 unspecified atom stereocenters. The fraction of sp³-hybridized carbons (Fsp3) is 0.758. The number of aromatic nitrogens is 3. The maximum absolute atomic E-state index is 6.60. The number of nitrogens with two attached hydrogens (primary N) is 1. The second-order valence-electron chi connectivity index (χ2n) is 12.7. The minimum atomic E-state index is 0.580. The molecule has 2 saturated heterocycles. The molecule has 10 heteroatoms. The summed E-state index contributed by atoms with van der Waals surface area (Å²) in [6, 6.07) is 2.96. The van der Waals surface area contributed by atoms with Gasteiger partial charge in [0, 0.05) is 37.5 Å². The van der Waals surface area contributed by atoms with E-state index in [0.717, 1.165) is 63.1 Å². The maximum Gasteiger partial charge on any atom is 0.152 e. The molecule has 3 aromatic heterocycles. The Kier molecular flexibility index (Phi) is 12.1. The van der Waals surface area contributed by atoms with Crippen LogP contribution in [0, 0.1) is 5.92 Å². The summed E-state index contributed by atoms with van der Waals surface area (Å²) in [6.07, 6.45) is 8.11. The Morgan fingerprint density at radius 2 is 1.70 bits per heavy atom. The number of thiophene rings is 1. The molecule has 240 valence electrons. The average molecular weight is 615 g/mol. The van der Waals surface area contributed by atoms with E-state index in [2.05, 4.69) is 41.2 Å². The van der Waals surface area contributed by atoms with Crippen LogP contribution in [0.4, 0.5) is 5.82 Å². The summed E-state index contributed by atoms with van der Waals surface area (Å²) in [4.78, 5) is 16.6.